The van der Waals surface area contributed by atoms with Crippen LogP contribution in [0.4, 0.5) is 5.82 Å². The van der Waals surface area contributed by atoms with Gasteiger partial charge in [-0.05, 0) is 41.4 Å². The van der Waals surface area contributed by atoms with Gasteiger partial charge in [-0.3, -0.25) is 4.98 Å². The number of halogens is 1. The number of H-pyrrole nitrogens is 1. The van der Waals surface area contributed by atoms with Crippen molar-refractivity contribution in [3.8, 4) is 0 Å². The van der Waals surface area contributed by atoms with Gasteiger partial charge in [0.2, 0.25) is 5.28 Å². The number of nitrogens with one attached hydrogen (secondary N) is 2. The highest BCUT2D eigenvalue weighted by atomic mass is 35.5. The molecule has 0 atom stereocenters. The predicted octanol–water partition coefficient (Wildman–Crippen LogP) is 3.77. The number of fused-ring (bicyclic) bond motifs is 2. The number of benzene rings is 1. The molecule has 0 unspecified atom stereocenters. The van der Waals surface area contributed by atoms with E-state index in [-0.39, 0.29) is 5.28 Å². The summed E-state index contributed by atoms with van der Waals surface area (Å²) in [6.45, 7) is 0.651. The SMILES string of the molecule is Clc1nc(NCc2ccc3ncccc3c2)c2cc[nH]c2n1. The molecule has 4 rings (SSSR count). The maximum Gasteiger partial charge on any atom is 0.226 e. The molecular formula is C16H12ClN5. The van der Waals surface area contributed by atoms with E-state index in [1.807, 2.05) is 24.4 Å². The third kappa shape index (κ3) is 2.35. The highest BCUT2D eigenvalue weighted by molar-refractivity contribution is 6.28. The molecule has 1 aromatic carbocycles. The molecule has 2 N–H and O–H groups in total. The van der Waals surface area contributed by atoms with Gasteiger partial charge < -0.3 is 10.3 Å². The molecule has 5 nitrogen and oxygen atoms in total. The number of hydrogen-bond acceptors (Lipinski definition) is 4. The molecule has 0 aliphatic heterocycles. The summed E-state index contributed by atoms with van der Waals surface area (Å²) in [5.41, 5.74) is 2.87. The number of anilines is 1. The Kier molecular flexibility index (Phi) is 3.12. The summed E-state index contributed by atoms with van der Waals surface area (Å²) in [4.78, 5) is 15.8. The van der Waals surface area contributed by atoms with E-state index in [0.717, 1.165) is 33.3 Å². The Morgan fingerprint density at radius 3 is 3.05 bits per heavy atom. The lowest BCUT2D eigenvalue weighted by Gasteiger charge is -2.08. The second-order valence-electron chi connectivity index (χ2n) is 4.97. The van der Waals surface area contributed by atoms with Crippen LogP contribution < -0.4 is 5.32 Å². The molecule has 0 radical (unpaired) electrons. The standard InChI is InChI=1S/C16H12ClN5/c17-16-21-14-12(5-7-19-14)15(22-16)20-9-10-3-4-13-11(8-10)2-1-6-18-13/h1-8H,9H2,(H2,19,20,21,22). The Hall–Kier alpha value is -2.66. The van der Waals surface area contributed by atoms with Crippen molar-refractivity contribution in [3.63, 3.8) is 0 Å². The first-order valence-electron chi connectivity index (χ1n) is 6.88. The van der Waals surface area contributed by atoms with Crippen LogP contribution in [0, 0.1) is 0 Å². The molecule has 0 aliphatic carbocycles. The zero-order chi connectivity index (χ0) is 14.9. The van der Waals surface area contributed by atoms with Crippen molar-refractivity contribution >= 4 is 39.4 Å². The highest BCUT2D eigenvalue weighted by Gasteiger charge is 2.07. The van der Waals surface area contributed by atoms with Crippen molar-refractivity contribution in [1.29, 1.82) is 0 Å². The minimum atomic E-state index is 0.222. The number of rotatable bonds is 3. The number of aromatic amines is 1. The minimum absolute atomic E-state index is 0.222. The van der Waals surface area contributed by atoms with E-state index >= 15 is 0 Å². The summed E-state index contributed by atoms with van der Waals surface area (Å²) < 4.78 is 0. The molecule has 6 heteroatoms. The molecule has 0 fully saturated rings. The van der Waals surface area contributed by atoms with Crippen LogP contribution in [-0.4, -0.2) is 19.9 Å². The lowest BCUT2D eigenvalue weighted by Crippen LogP contribution is -2.03. The fourth-order valence-electron chi connectivity index (χ4n) is 2.47. The van der Waals surface area contributed by atoms with Crippen molar-refractivity contribution in [2.45, 2.75) is 6.54 Å². The summed E-state index contributed by atoms with van der Waals surface area (Å²) in [6, 6.07) is 12.1. The topological polar surface area (TPSA) is 66.5 Å². The molecule has 0 amide bonds. The average molecular weight is 310 g/mol. The van der Waals surface area contributed by atoms with E-state index in [1.54, 1.807) is 6.20 Å². The van der Waals surface area contributed by atoms with Crippen molar-refractivity contribution in [1.82, 2.24) is 19.9 Å². The summed E-state index contributed by atoms with van der Waals surface area (Å²) >= 11 is 5.95. The molecule has 4 aromatic rings. The first-order valence-corrected chi connectivity index (χ1v) is 7.25. The van der Waals surface area contributed by atoms with Crippen LogP contribution in [0.15, 0.2) is 48.8 Å². The zero-order valence-corrected chi connectivity index (χ0v) is 12.3. The Bertz CT molecular complexity index is 963. The van der Waals surface area contributed by atoms with E-state index in [2.05, 4.69) is 43.5 Å². The Balaban J connectivity index is 1.63. The molecule has 3 aromatic heterocycles. The predicted molar refractivity (Wildman–Crippen MR) is 88.0 cm³/mol. The third-order valence-electron chi connectivity index (χ3n) is 3.52. The second kappa shape index (κ2) is 5.27. The van der Waals surface area contributed by atoms with E-state index in [9.17, 15) is 0 Å². The quantitative estimate of drug-likeness (QED) is 0.565. The second-order valence-corrected chi connectivity index (χ2v) is 5.30. The van der Waals surface area contributed by atoms with Gasteiger partial charge in [0.1, 0.15) is 11.5 Å². The van der Waals surface area contributed by atoms with E-state index in [4.69, 9.17) is 11.6 Å². The summed E-state index contributed by atoms with van der Waals surface area (Å²) in [7, 11) is 0. The van der Waals surface area contributed by atoms with E-state index < -0.39 is 0 Å². The van der Waals surface area contributed by atoms with Crippen LogP contribution in [0.3, 0.4) is 0 Å². The molecule has 22 heavy (non-hydrogen) atoms. The van der Waals surface area contributed by atoms with Crippen LogP contribution in [-0.2, 0) is 6.54 Å². The number of nitrogens with zero attached hydrogens (tertiary/aromatic N) is 3. The number of hydrogen-bond donors (Lipinski definition) is 2. The van der Waals surface area contributed by atoms with Crippen molar-refractivity contribution < 1.29 is 0 Å². The monoisotopic (exact) mass is 309 g/mol. The van der Waals surface area contributed by atoms with Gasteiger partial charge in [-0.1, -0.05) is 12.1 Å². The van der Waals surface area contributed by atoms with Gasteiger partial charge in [-0.2, -0.15) is 4.98 Å². The minimum Gasteiger partial charge on any atom is -0.365 e. The fraction of sp³-hybridized carbons (Fsp3) is 0.0625. The van der Waals surface area contributed by atoms with Gasteiger partial charge in [-0.15, -0.1) is 0 Å². The smallest absolute Gasteiger partial charge is 0.226 e. The van der Waals surface area contributed by atoms with Crippen LogP contribution >= 0.6 is 11.6 Å². The van der Waals surface area contributed by atoms with Gasteiger partial charge in [0.25, 0.3) is 0 Å². The third-order valence-corrected chi connectivity index (χ3v) is 3.68. The molecule has 108 valence electrons. The van der Waals surface area contributed by atoms with Gasteiger partial charge in [0.15, 0.2) is 0 Å². The first-order chi connectivity index (χ1) is 10.8. The van der Waals surface area contributed by atoms with Gasteiger partial charge in [0, 0.05) is 24.3 Å². The Morgan fingerprint density at radius 2 is 2.09 bits per heavy atom. The molecular weight excluding hydrogens is 298 g/mol. The van der Waals surface area contributed by atoms with Crippen LogP contribution in [0.5, 0.6) is 0 Å². The number of pyridine rings is 1. The van der Waals surface area contributed by atoms with Crippen molar-refractivity contribution in [2.24, 2.45) is 0 Å². The van der Waals surface area contributed by atoms with Gasteiger partial charge >= 0.3 is 0 Å². The fourth-order valence-corrected chi connectivity index (χ4v) is 2.64. The molecule has 0 saturated carbocycles. The average Bonchev–Trinajstić information content (AvgIpc) is 3.00. The Labute approximate surface area is 131 Å². The van der Waals surface area contributed by atoms with E-state index in [1.165, 1.54) is 0 Å². The van der Waals surface area contributed by atoms with Crippen LogP contribution in [0.1, 0.15) is 5.56 Å². The normalized spacial score (nSPS) is 11.1. The van der Waals surface area contributed by atoms with Crippen molar-refractivity contribution in [3.05, 3.63) is 59.6 Å². The maximum atomic E-state index is 5.95. The van der Waals surface area contributed by atoms with Crippen molar-refractivity contribution in [2.75, 3.05) is 5.32 Å². The molecule has 3 heterocycles. The lowest BCUT2D eigenvalue weighted by molar-refractivity contribution is 1.10. The highest BCUT2D eigenvalue weighted by Crippen LogP contribution is 2.22. The van der Waals surface area contributed by atoms with Gasteiger partial charge in [0.05, 0.1) is 10.9 Å². The maximum absolute atomic E-state index is 5.95. The number of aromatic nitrogens is 4. The lowest BCUT2D eigenvalue weighted by atomic mass is 10.1. The zero-order valence-electron chi connectivity index (χ0n) is 11.5. The van der Waals surface area contributed by atoms with Gasteiger partial charge in [-0.25, -0.2) is 4.98 Å². The summed E-state index contributed by atoms with van der Waals surface area (Å²) in [6.07, 6.45) is 3.62. The molecule has 0 bridgehead atoms. The van der Waals surface area contributed by atoms with Crippen LogP contribution in [0.2, 0.25) is 5.28 Å². The molecule has 0 aliphatic rings. The molecule has 0 saturated heterocycles. The summed E-state index contributed by atoms with van der Waals surface area (Å²) in [5.74, 6) is 0.725. The van der Waals surface area contributed by atoms with E-state index in [0.29, 0.717) is 6.54 Å². The van der Waals surface area contributed by atoms with Crippen LogP contribution in [0.25, 0.3) is 21.9 Å². The first kappa shape index (κ1) is 13.0. The Morgan fingerprint density at radius 1 is 1.14 bits per heavy atom. The largest absolute Gasteiger partial charge is 0.365 e. The summed E-state index contributed by atoms with van der Waals surface area (Å²) in [5, 5.41) is 5.58. The molecule has 0 spiro atoms.